The first-order valence-electron chi connectivity index (χ1n) is 6.54. The minimum Gasteiger partial charge on any atom is -0.493 e. The Kier molecular flexibility index (Phi) is 6.55. The first-order valence-corrected chi connectivity index (χ1v) is 9.01. The van der Waals surface area contributed by atoms with Crippen molar-refractivity contribution in [2.75, 3.05) is 6.61 Å². The lowest BCUT2D eigenvalue weighted by molar-refractivity contribution is 0.313. The largest absolute Gasteiger partial charge is 0.493 e. The molecule has 0 saturated carbocycles. The van der Waals surface area contributed by atoms with E-state index < -0.39 is 0 Å². The van der Waals surface area contributed by atoms with Gasteiger partial charge in [-0.25, -0.2) is 0 Å². The summed E-state index contributed by atoms with van der Waals surface area (Å²) in [6.07, 6.45) is 1.02. The second-order valence-electron chi connectivity index (χ2n) is 4.40. The van der Waals surface area contributed by atoms with Crippen LogP contribution < -0.4 is 10.1 Å². The smallest absolute Gasteiger partial charge is 0.123 e. The normalized spacial score (nSPS) is 10.8. The zero-order valence-electron chi connectivity index (χ0n) is 11.3. The molecular formula is C15H17Br2NOS. The van der Waals surface area contributed by atoms with Gasteiger partial charge in [-0.3, -0.25) is 0 Å². The van der Waals surface area contributed by atoms with E-state index in [4.69, 9.17) is 4.74 Å². The fraction of sp³-hybridized carbons (Fsp3) is 0.333. The van der Waals surface area contributed by atoms with Crippen LogP contribution in [0.4, 0.5) is 0 Å². The molecule has 0 aliphatic carbocycles. The summed E-state index contributed by atoms with van der Waals surface area (Å²) < 4.78 is 8.04. The fourth-order valence-corrected chi connectivity index (χ4v) is 3.67. The Morgan fingerprint density at radius 1 is 1.20 bits per heavy atom. The highest BCUT2D eigenvalue weighted by atomic mass is 79.9. The molecule has 0 spiro atoms. The summed E-state index contributed by atoms with van der Waals surface area (Å²) in [7, 11) is 0. The number of hydrogen-bond acceptors (Lipinski definition) is 3. The van der Waals surface area contributed by atoms with Crippen LogP contribution in [0, 0.1) is 0 Å². The van der Waals surface area contributed by atoms with Gasteiger partial charge in [-0.15, -0.1) is 11.3 Å². The Morgan fingerprint density at radius 2 is 2.05 bits per heavy atom. The molecule has 2 nitrogen and oxygen atoms in total. The van der Waals surface area contributed by atoms with Gasteiger partial charge < -0.3 is 10.1 Å². The van der Waals surface area contributed by atoms with E-state index in [0.717, 1.165) is 36.3 Å². The molecule has 0 aliphatic heterocycles. The van der Waals surface area contributed by atoms with E-state index >= 15 is 0 Å². The number of benzene rings is 1. The Morgan fingerprint density at radius 3 is 2.75 bits per heavy atom. The third-order valence-electron chi connectivity index (χ3n) is 2.78. The Hall–Kier alpha value is -0.360. The summed E-state index contributed by atoms with van der Waals surface area (Å²) in [4.78, 5) is 1.32. The molecule has 0 bridgehead atoms. The zero-order valence-corrected chi connectivity index (χ0v) is 15.3. The molecule has 0 fully saturated rings. The van der Waals surface area contributed by atoms with Crippen LogP contribution in [0.15, 0.2) is 38.6 Å². The lowest BCUT2D eigenvalue weighted by atomic mass is 10.2. The van der Waals surface area contributed by atoms with Crippen molar-refractivity contribution in [1.29, 1.82) is 0 Å². The molecule has 0 amide bonds. The van der Waals surface area contributed by atoms with Gasteiger partial charge in [0.2, 0.25) is 0 Å². The fourth-order valence-electron chi connectivity index (χ4n) is 1.80. The monoisotopic (exact) mass is 417 g/mol. The summed E-state index contributed by atoms with van der Waals surface area (Å²) in [5.74, 6) is 0.966. The van der Waals surface area contributed by atoms with E-state index in [0.29, 0.717) is 0 Å². The van der Waals surface area contributed by atoms with E-state index in [1.54, 1.807) is 11.3 Å². The molecule has 0 atom stereocenters. The van der Waals surface area contributed by atoms with Crippen molar-refractivity contribution in [3.8, 4) is 5.75 Å². The average Bonchev–Trinajstić information content (AvgIpc) is 2.84. The molecule has 20 heavy (non-hydrogen) atoms. The SMILES string of the molecule is CCCOc1ccc(Br)cc1CNCc1sccc1Br. The van der Waals surface area contributed by atoms with Gasteiger partial charge >= 0.3 is 0 Å². The van der Waals surface area contributed by atoms with Crippen LogP contribution in [0.3, 0.4) is 0 Å². The predicted octanol–water partition coefficient (Wildman–Crippen LogP) is 5.35. The number of rotatable bonds is 7. The summed E-state index contributed by atoms with van der Waals surface area (Å²) >= 11 is 8.83. The van der Waals surface area contributed by atoms with E-state index in [9.17, 15) is 0 Å². The molecule has 0 saturated heterocycles. The van der Waals surface area contributed by atoms with Gasteiger partial charge in [-0.1, -0.05) is 22.9 Å². The molecule has 1 N–H and O–H groups in total. The number of ether oxygens (including phenoxy) is 1. The maximum absolute atomic E-state index is 5.79. The standard InChI is InChI=1S/C15H17Br2NOS/c1-2-6-19-14-4-3-12(16)8-11(14)9-18-10-15-13(17)5-7-20-15/h3-5,7-8,18H,2,6,9-10H2,1H3. The highest BCUT2D eigenvalue weighted by Crippen LogP contribution is 2.25. The van der Waals surface area contributed by atoms with E-state index in [1.807, 2.05) is 12.1 Å². The number of nitrogens with one attached hydrogen (secondary N) is 1. The molecular weight excluding hydrogens is 402 g/mol. The zero-order chi connectivity index (χ0) is 14.4. The Balaban J connectivity index is 1.97. The van der Waals surface area contributed by atoms with Crippen LogP contribution in [-0.4, -0.2) is 6.61 Å². The predicted molar refractivity (Wildman–Crippen MR) is 92.5 cm³/mol. The van der Waals surface area contributed by atoms with Crippen molar-refractivity contribution in [1.82, 2.24) is 5.32 Å². The lowest BCUT2D eigenvalue weighted by Crippen LogP contribution is -2.13. The highest BCUT2D eigenvalue weighted by molar-refractivity contribution is 9.10. The van der Waals surface area contributed by atoms with Crippen LogP contribution in [0.1, 0.15) is 23.8 Å². The number of halogens is 2. The molecule has 1 aromatic heterocycles. The number of hydrogen-bond donors (Lipinski definition) is 1. The minimum atomic E-state index is 0.755. The lowest BCUT2D eigenvalue weighted by Gasteiger charge is -2.12. The van der Waals surface area contributed by atoms with E-state index in [-0.39, 0.29) is 0 Å². The topological polar surface area (TPSA) is 21.3 Å². The first kappa shape index (κ1) is 16.0. The van der Waals surface area contributed by atoms with Crippen LogP contribution >= 0.6 is 43.2 Å². The third kappa shape index (κ3) is 4.58. The molecule has 5 heteroatoms. The molecule has 2 aromatic rings. The molecule has 0 unspecified atom stereocenters. The third-order valence-corrected chi connectivity index (χ3v) is 5.20. The summed E-state index contributed by atoms with van der Waals surface area (Å²) in [5.41, 5.74) is 1.18. The van der Waals surface area contributed by atoms with Crippen molar-refractivity contribution >= 4 is 43.2 Å². The van der Waals surface area contributed by atoms with Crippen molar-refractivity contribution in [3.63, 3.8) is 0 Å². The molecule has 108 valence electrons. The molecule has 0 aliphatic rings. The van der Waals surface area contributed by atoms with Crippen LogP contribution in [0.5, 0.6) is 5.75 Å². The average molecular weight is 419 g/mol. The number of thiophene rings is 1. The molecule has 1 heterocycles. The minimum absolute atomic E-state index is 0.755. The summed E-state index contributed by atoms with van der Waals surface area (Å²) in [6.45, 7) is 4.52. The molecule has 2 rings (SSSR count). The Labute approximate surface area is 140 Å². The van der Waals surface area contributed by atoms with Gasteiger partial charge in [-0.05, 0) is 52.0 Å². The van der Waals surface area contributed by atoms with Crippen LogP contribution in [0.2, 0.25) is 0 Å². The summed E-state index contributed by atoms with van der Waals surface area (Å²) in [5, 5.41) is 5.56. The van der Waals surface area contributed by atoms with Gasteiger partial charge in [0.05, 0.1) is 6.61 Å². The molecule has 1 aromatic carbocycles. The highest BCUT2D eigenvalue weighted by Gasteiger charge is 2.06. The second-order valence-corrected chi connectivity index (χ2v) is 7.17. The van der Waals surface area contributed by atoms with Gasteiger partial charge in [0, 0.05) is 32.5 Å². The van der Waals surface area contributed by atoms with Gasteiger partial charge in [0.1, 0.15) is 5.75 Å². The maximum atomic E-state index is 5.79. The molecule has 0 radical (unpaired) electrons. The quantitative estimate of drug-likeness (QED) is 0.654. The maximum Gasteiger partial charge on any atom is 0.123 e. The van der Waals surface area contributed by atoms with E-state index in [1.165, 1.54) is 14.9 Å². The van der Waals surface area contributed by atoms with Gasteiger partial charge in [0.25, 0.3) is 0 Å². The Bertz CT molecular complexity index is 557. The summed E-state index contributed by atoms with van der Waals surface area (Å²) in [6, 6.07) is 8.24. The van der Waals surface area contributed by atoms with Crippen molar-refractivity contribution in [2.24, 2.45) is 0 Å². The van der Waals surface area contributed by atoms with Gasteiger partial charge in [0.15, 0.2) is 0 Å². The van der Waals surface area contributed by atoms with Crippen molar-refractivity contribution in [3.05, 3.63) is 49.0 Å². The van der Waals surface area contributed by atoms with Crippen LogP contribution in [0.25, 0.3) is 0 Å². The van der Waals surface area contributed by atoms with E-state index in [2.05, 4.69) is 61.6 Å². The first-order chi connectivity index (χ1) is 9.70. The van der Waals surface area contributed by atoms with Gasteiger partial charge in [-0.2, -0.15) is 0 Å². The second kappa shape index (κ2) is 8.17. The van der Waals surface area contributed by atoms with Crippen molar-refractivity contribution < 1.29 is 4.74 Å². The van der Waals surface area contributed by atoms with Crippen LogP contribution in [-0.2, 0) is 13.1 Å². The van der Waals surface area contributed by atoms with Crippen molar-refractivity contribution in [2.45, 2.75) is 26.4 Å².